The van der Waals surface area contributed by atoms with Gasteiger partial charge in [0.15, 0.2) is 22.0 Å². The number of ether oxygens (including phenoxy) is 3. The number of hydrazine groups is 1. The van der Waals surface area contributed by atoms with Gasteiger partial charge in [-0.15, -0.1) is 0 Å². The molecule has 7 nitrogen and oxygen atoms in total. The Morgan fingerprint density at radius 1 is 1.14 bits per heavy atom. The predicted octanol–water partition coefficient (Wildman–Crippen LogP) is 3.28. The van der Waals surface area contributed by atoms with Crippen molar-refractivity contribution >= 4 is 46.3 Å². The Bertz CT molecular complexity index is 1040. The Labute approximate surface area is 176 Å². The predicted molar refractivity (Wildman–Crippen MR) is 112 cm³/mol. The van der Waals surface area contributed by atoms with E-state index in [2.05, 4.69) is 5.43 Å². The largest absolute Gasteiger partial charge is 0.493 e. The number of amides is 1. The molecule has 2 aromatic rings. The van der Waals surface area contributed by atoms with Crippen LogP contribution in [0.15, 0.2) is 47.4 Å². The van der Waals surface area contributed by atoms with E-state index < -0.39 is 12.2 Å². The van der Waals surface area contributed by atoms with E-state index in [-0.39, 0.29) is 17.2 Å². The van der Waals surface area contributed by atoms with Gasteiger partial charge in [-0.1, -0.05) is 54.3 Å². The van der Waals surface area contributed by atoms with E-state index in [1.54, 1.807) is 18.2 Å². The number of benzene rings is 2. The number of thiocarbonyl (C=S) groups is 1. The summed E-state index contributed by atoms with van der Waals surface area (Å²) in [6.07, 6.45) is 0.889. The van der Waals surface area contributed by atoms with Gasteiger partial charge in [0.25, 0.3) is 5.91 Å². The third kappa shape index (κ3) is 3.48. The highest BCUT2D eigenvalue weighted by atomic mass is 32.2. The number of methoxy groups -OCH3 is 2. The first kappa shape index (κ1) is 19.4. The maximum Gasteiger partial charge on any atom is 0.344 e. The zero-order valence-corrected chi connectivity index (χ0v) is 17.1. The number of carbonyl (C=O) groups excluding carboxylic acids is 2. The van der Waals surface area contributed by atoms with Gasteiger partial charge in [0.2, 0.25) is 0 Å². The molecule has 1 unspecified atom stereocenters. The molecular formula is C20H16N2O5S2. The number of cyclic esters (lactones) is 1. The highest BCUT2D eigenvalue weighted by Gasteiger charge is 2.40. The van der Waals surface area contributed by atoms with Gasteiger partial charge in [0.05, 0.1) is 19.1 Å². The Morgan fingerprint density at radius 3 is 2.59 bits per heavy atom. The molecule has 9 heteroatoms. The molecule has 4 rings (SSSR count). The van der Waals surface area contributed by atoms with Crippen molar-refractivity contribution in [2.24, 2.45) is 0 Å². The molecule has 2 aliphatic rings. The van der Waals surface area contributed by atoms with Gasteiger partial charge in [0, 0.05) is 5.56 Å². The lowest BCUT2D eigenvalue weighted by atomic mass is 10.1. The number of hydrogen-bond acceptors (Lipinski definition) is 8. The van der Waals surface area contributed by atoms with Crippen molar-refractivity contribution in [2.45, 2.75) is 6.23 Å². The Balaban J connectivity index is 1.60. The lowest BCUT2D eigenvalue weighted by Gasteiger charge is -2.21. The van der Waals surface area contributed by atoms with Crippen LogP contribution < -0.4 is 14.9 Å². The first-order valence-corrected chi connectivity index (χ1v) is 9.81. The van der Waals surface area contributed by atoms with Crippen LogP contribution in [0.2, 0.25) is 0 Å². The van der Waals surface area contributed by atoms with Crippen LogP contribution in [0, 0.1) is 0 Å². The van der Waals surface area contributed by atoms with Crippen molar-refractivity contribution in [2.75, 3.05) is 14.2 Å². The molecule has 1 atom stereocenters. The number of hydrogen-bond donors (Lipinski definition) is 1. The molecule has 1 fully saturated rings. The Morgan fingerprint density at radius 2 is 1.90 bits per heavy atom. The third-order valence-corrected chi connectivity index (χ3v) is 5.73. The molecule has 0 radical (unpaired) electrons. The first-order chi connectivity index (χ1) is 14.0. The summed E-state index contributed by atoms with van der Waals surface area (Å²) in [5.74, 6) is -0.179. The second-order valence-corrected chi connectivity index (χ2v) is 7.78. The summed E-state index contributed by atoms with van der Waals surface area (Å²) in [6, 6.07) is 12.8. The van der Waals surface area contributed by atoms with Crippen LogP contribution in [-0.2, 0) is 9.53 Å². The molecule has 148 valence electrons. The van der Waals surface area contributed by atoms with Crippen LogP contribution in [0.3, 0.4) is 0 Å². The van der Waals surface area contributed by atoms with Gasteiger partial charge in [-0.3, -0.25) is 4.79 Å². The van der Waals surface area contributed by atoms with Gasteiger partial charge in [-0.2, -0.15) is 5.43 Å². The second kappa shape index (κ2) is 7.86. The van der Waals surface area contributed by atoms with Crippen LogP contribution in [0.1, 0.15) is 27.7 Å². The Hall–Kier alpha value is -2.88. The summed E-state index contributed by atoms with van der Waals surface area (Å²) in [5.41, 5.74) is 4.60. The van der Waals surface area contributed by atoms with Gasteiger partial charge in [-0.05, 0) is 23.8 Å². The van der Waals surface area contributed by atoms with Crippen molar-refractivity contribution in [1.29, 1.82) is 0 Å². The third-order valence-electron chi connectivity index (χ3n) is 4.43. The SMILES string of the molecule is COc1ccc2c(c1OC)C(=O)OC2NN1C(=O)/C(=C/c2ccccc2)SC1=S. The smallest absolute Gasteiger partial charge is 0.344 e. The van der Waals surface area contributed by atoms with Crippen molar-refractivity contribution in [3.05, 3.63) is 64.1 Å². The number of esters is 1. The van der Waals surface area contributed by atoms with E-state index >= 15 is 0 Å². The second-order valence-electron chi connectivity index (χ2n) is 6.11. The molecule has 0 saturated carbocycles. The van der Waals surface area contributed by atoms with Crippen molar-refractivity contribution in [3.8, 4) is 11.5 Å². The first-order valence-electron chi connectivity index (χ1n) is 8.58. The fraction of sp³-hybridized carbons (Fsp3) is 0.150. The molecule has 2 aliphatic heterocycles. The van der Waals surface area contributed by atoms with Gasteiger partial charge < -0.3 is 14.2 Å². The summed E-state index contributed by atoms with van der Waals surface area (Å²) in [5, 5.41) is 1.22. The monoisotopic (exact) mass is 428 g/mol. The van der Waals surface area contributed by atoms with Crippen molar-refractivity contribution in [3.63, 3.8) is 0 Å². The van der Waals surface area contributed by atoms with E-state index in [1.165, 1.54) is 31.0 Å². The number of nitrogens with one attached hydrogen (secondary N) is 1. The average molecular weight is 428 g/mol. The molecule has 0 bridgehead atoms. The number of carbonyl (C=O) groups is 2. The minimum atomic E-state index is -0.879. The van der Waals surface area contributed by atoms with Crippen molar-refractivity contribution < 1.29 is 23.8 Å². The van der Waals surface area contributed by atoms with Gasteiger partial charge in [0.1, 0.15) is 5.56 Å². The topological polar surface area (TPSA) is 77.1 Å². The zero-order valence-electron chi connectivity index (χ0n) is 15.5. The summed E-state index contributed by atoms with van der Waals surface area (Å²) in [7, 11) is 2.93. The summed E-state index contributed by atoms with van der Waals surface area (Å²) in [4.78, 5) is 25.7. The molecule has 0 spiro atoms. The lowest BCUT2D eigenvalue weighted by Crippen LogP contribution is -2.43. The van der Waals surface area contributed by atoms with E-state index in [0.29, 0.717) is 20.5 Å². The minimum Gasteiger partial charge on any atom is -0.493 e. The molecule has 2 aromatic carbocycles. The normalized spacial score (nSPS) is 19.5. The maximum atomic E-state index is 12.8. The van der Waals surface area contributed by atoms with Crippen LogP contribution in [-0.4, -0.2) is 35.4 Å². The Kier molecular flexibility index (Phi) is 5.27. The van der Waals surface area contributed by atoms with Crippen molar-refractivity contribution in [1.82, 2.24) is 10.4 Å². The minimum absolute atomic E-state index is 0.259. The lowest BCUT2D eigenvalue weighted by molar-refractivity contribution is -0.126. The summed E-state index contributed by atoms with van der Waals surface area (Å²) >= 11 is 6.52. The fourth-order valence-electron chi connectivity index (χ4n) is 3.09. The quantitative estimate of drug-likeness (QED) is 0.442. The zero-order chi connectivity index (χ0) is 20.5. The van der Waals surface area contributed by atoms with E-state index in [0.717, 1.165) is 5.56 Å². The van der Waals surface area contributed by atoms with Gasteiger partial charge in [-0.25, -0.2) is 9.80 Å². The molecule has 1 amide bonds. The molecule has 2 heterocycles. The maximum absolute atomic E-state index is 12.8. The summed E-state index contributed by atoms with van der Waals surface area (Å²) in [6.45, 7) is 0. The fourth-order valence-corrected chi connectivity index (χ4v) is 4.29. The number of fused-ring (bicyclic) bond motifs is 1. The highest BCUT2D eigenvalue weighted by Crippen LogP contribution is 2.42. The molecule has 1 N–H and O–H groups in total. The van der Waals surface area contributed by atoms with Crippen LogP contribution >= 0.6 is 24.0 Å². The molecule has 29 heavy (non-hydrogen) atoms. The van der Waals surface area contributed by atoms with E-state index in [1.807, 2.05) is 30.3 Å². The standard InChI is InChI=1S/C20H16N2O5S2/c1-25-13-9-8-12-15(16(13)26-2)19(24)27-17(12)21-22-18(23)14(29-20(22)28)10-11-6-4-3-5-7-11/h3-10,17,21H,1-2H3/b14-10-. The average Bonchev–Trinajstić information content (AvgIpc) is 3.19. The number of thioether (sulfide) groups is 1. The molecule has 1 saturated heterocycles. The molecule has 0 aliphatic carbocycles. The number of nitrogens with zero attached hydrogens (tertiary/aromatic N) is 1. The van der Waals surface area contributed by atoms with Gasteiger partial charge >= 0.3 is 5.97 Å². The molecule has 0 aromatic heterocycles. The summed E-state index contributed by atoms with van der Waals surface area (Å²) < 4.78 is 16.3. The molecular weight excluding hydrogens is 412 g/mol. The highest BCUT2D eigenvalue weighted by molar-refractivity contribution is 8.26. The number of rotatable bonds is 5. The van der Waals surface area contributed by atoms with Crippen LogP contribution in [0.25, 0.3) is 6.08 Å². The van der Waals surface area contributed by atoms with E-state index in [4.69, 9.17) is 26.4 Å². The van der Waals surface area contributed by atoms with E-state index in [9.17, 15) is 9.59 Å². The van der Waals surface area contributed by atoms with Crippen LogP contribution in [0.4, 0.5) is 0 Å². The van der Waals surface area contributed by atoms with Crippen LogP contribution in [0.5, 0.6) is 11.5 Å².